The Kier molecular flexibility index (Phi) is 3.90. The van der Waals surface area contributed by atoms with Crippen molar-refractivity contribution >= 4 is 11.9 Å². The molecule has 2 aliphatic heterocycles. The first-order valence-electron chi connectivity index (χ1n) is 7.50. The molecule has 2 saturated heterocycles. The Labute approximate surface area is 128 Å². The molecule has 0 radical (unpaired) electrons. The molecule has 2 aliphatic rings. The molecule has 1 amide bonds. The summed E-state index contributed by atoms with van der Waals surface area (Å²) >= 11 is 0. The van der Waals surface area contributed by atoms with Crippen molar-refractivity contribution in [2.24, 2.45) is 0 Å². The van der Waals surface area contributed by atoms with Crippen LogP contribution in [-0.4, -0.2) is 53.3 Å². The first kappa shape index (κ1) is 15.0. The lowest BCUT2D eigenvalue weighted by Gasteiger charge is -2.41. The molecule has 7 heteroatoms. The molecule has 22 heavy (non-hydrogen) atoms. The zero-order chi connectivity index (χ0) is 15.9. The smallest absolute Gasteiger partial charge is 0.335 e. The predicted molar refractivity (Wildman–Crippen MR) is 75.2 cm³/mol. The second-order valence-electron chi connectivity index (χ2n) is 5.95. The van der Waals surface area contributed by atoms with Gasteiger partial charge >= 0.3 is 5.97 Å². The van der Waals surface area contributed by atoms with Gasteiger partial charge < -0.3 is 18.9 Å². The summed E-state index contributed by atoms with van der Waals surface area (Å²) in [5.41, 5.74) is 0.298. The molecule has 0 saturated carbocycles. The van der Waals surface area contributed by atoms with Gasteiger partial charge in [-0.05, 0) is 26.7 Å². The number of fused-ring (bicyclic) bond motifs is 1. The Hall–Kier alpha value is -1.89. The Bertz CT molecular complexity index is 584. The minimum absolute atomic E-state index is 0.0748. The largest absolute Gasteiger partial charge is 0.467 e. The summed E-state index contributed by atoms with van der Waals surface area (Å²) in [6.07, 6.45) is 1.40. The van der Waals surface area contributed by atoms with Crippen molar-refractivity contribution in [3.05, 3.63) is 17.5 Å². The number of esters is 1. The minimum atomic E-state index is -0.598. The van der Waals surface area contributed by atoms with Crippen molar-refractivity contribution in [1.29, 1.82) is 0 Å². The molecule has 7 nitrogen and oxygen atoms in total. The van der Waals surface area contributed by atoms with Crippen LogP contribution < -0.4 is 0 Å². The van der Waals surface area contributed by atoms with Gasteiger partial charge in [-0.1, -0.05) is 5.16 Å². The van der Waals surface area contributed by atoms with E-state index in [2.05, 4.69) is 5.16 Å². The highest BCUT2D eigenvalue weighted by Crippen LogP contribution is 2.36. The van der Waals surface area contributed by atoms with Gasteiger partial charge in [0.05, 0.1) is 19.3 Å². The van der Waals surface area contributed by atoms with Crippen LogP contribution in [0.25, 0.3) is 0 Å². The van der Waals surface area contributed by atoms with Crippen LogP contribution in [0.1, 0.15) is 42.4 Å². The van der Waals surface area contributed by atoms with Crippen LogP contribution in [0.3, 0.4) is 0 Å². The van der Waals surface area contributed by atoms with Gasteiger partial charge in [-0.25, -0.2) is 4.79 Å². The molecule has 4 atom stereocenters. The summed E-state index contributed by atoms with van der Waals surface area (Å²) in [5, 5.41) is 3.81. The molecule has 1 aromatic heterocycles. The van der Waals surface area contributed by atoms with E-state index in [4.69, 9.17) is 14.0 Å². The molecule has 0 unspecified atom stereocenters. The molecular formula is C15H20N2O5. The number of amides is 1. The van der Waals surface area contributed by atoms with Crippen LogP contribution in [0.15, 0.2) is 10.6 Å². The summed E-state index contributed by atoms with van der Waals surface area (Å²) in [4.78, 5) is 26.2. The number of rotatable bonds is 2. The van der Waals surface area contributed by atoms with Crippen LogP contribution in [-0.2, 0) is 14.3 Å². The first-order chi connectivity index (χ1) is 10.5. The van der Waals surface area contributed by atoms with Gasteiger partial charge in [0, 0.05) is 18.5 Å². The van der Waals surface area contributed by atoms with Crippen molar-refractivity contribution in [2.75, 3.05) is 7.11 Å². The van der Waals surface area contributed by atoms with Gasteiger partial charge in [-0.3, -0.25) is 4.79 Å². The average molecular weight is 308 g/mol. The third-order valence-corrected chi connectivity index (χ3v) is 4.47. The molecule has 0 aromatic carbocycles. The molecule has 3 heterocycles. The zero-order valence-corrected chi connectivity index (χ0v) is 12.9. The predicted octanol–water partition coefficient (Wildman–Crippen LogP) is 1.31. The van der Waals surface area contributed by atoms with Gasteiger partial charge in [0.25, 0.3) is 5.91 Å². The number of aromatic nitrogens is 1. The maximum atomic E-state index is 12.7. The van der Waals surface area contributed by atoms with Crippen LogP contribution in [0, 0.1) is 6.92 Å². The first-order valence-corrected chi connectivity index (χ1v) is 7.50. The molecule has 1 aromatic rings. The van der Waals surface area contributed by atoms with Gasteiger partial charge in [-0.2, -0.15) is 0 Å². The number of ether oxygens (including phenoxy) is 2. The van der Waals surface area contributed by atoms with Crippen molar-refractivity contribution < 1.29 is 23.6 Å². The number of hydrogen-bond acceptors (Lipinski definition) is 6. The van der Waals surface area contributed by atoms with E-state index in [-0.39, 0.29) is 30.1 Å². The summed E-state index contributed by atoms with van der Waals surface area (Å²) < 4.78 is 15.5. The van der Waals surface area contributed by atoms with Crippen molar-refractivity contribution in [3.8, 4) is 0 Å². The second kappa shape index (κ2) is 5.72. The highest BCUT2D eigenvalue weighted by molar-refractivity contribution is 5.93. The molecule has 3 rings (SSSR count). The lowest BCUT2D eigenvalue weighted by molar-refractivity contribution is -0.153. The normalized spacial score (nSPS) is 31.0. The minimum Gasteiger partial charge on any atom is -0.467 e. The Morgan fingerprint density at radius 1 is 1.41 bits per heavy atom. The third-order valence-electron chi connectivity index (χ3n) is 4.47. The quantitative estimate of drug-likeness (QED) is 0.766. The maximum absolute atomic E-state index is 12.7. The number of carbonyl (C=O) groups excluding carboxylic acids is 2. The maximum Gasteiger partial charge on any atom is 0.335 e. The molecule has 0 spiro atoms. The Balaban J connectivity index is 1.82. The fourth-order valence-corrected chi connectivity index (χ4v) is 3.39. The van der Waals surface area contributed by atoms with Crippen LogP contribution >= 0.6 is 0 Å². The summed E-state index contributed by atoms with van der Waals surface area (Å²) in [7, 11) is 1.34. The lowest BCUT2D eigenvalue weighted by Crippen LogP contribution is -2.53. The second-order valence-corrected chi connectivity index (χ2v) is 5.95. The lowest BCUT2D eigenvalue weighted by atomic mass is 9.92. The number of nitrogens with zero attached hydrogens (tertiary/aromatic N) is 2. The van der Waals surface area contributed by atoms with Crippen LogP contribution in [0.2, 0.25) is 0 Å². The van der Waals surface area contributed by atoms with E-state index in [1.807, 2.05) is 6.92 Å². The number of likely N-dealkylation sites (tertiary alicyclic amines) is 1. The average Bonchev–Trinajstić information content (AvgIpc) is 3.11. The standard InChI is InChI=1S/C15H20N2O5/c1-8-4-5-12-11(7-13(21-12)15(19)20-3)17(8)14(18)10-6-9(2)22-16-10/h6,8,11-13H,4-5,7H2,1-3H3/t8-,11+,12+,13-/m0/s1. The summed E-state index contributed by atoms with van der Waals surface area (Å²) in [6, 6.07) is 1.58. The van der Waals surface area contributed by atoms with E-state index in [0.29, 0.717) is 17.9 Å². The molecule has 0 aliphatic carbocycles. The zero-order valence-electron chi connectivity index (χ0n) is 12.9. The van der Waals surface area contributed by atoms with Crippen LogP contribution in [0.5, 0.6) is 0 Å². The van der Waals surface area contributed by atoms with E-state index < -0.39 is 6.10 Å². The van der Waals surface area contributed by atoms with E-state index in [1.54, 1.807) is 17.9 Å². The van der Waals surface area contributed by atoms with Gasteiger partial charge in [0.15, 0.2) is 11.8 Å². The van der Waals surface area contributed by atoms with E-state index in [1.165, 1.54) is 7.11 Å². The molecule has 120 valence electrons. The molecule has 0 bridgehead atoms. The molecule has 0 N–H and O–H groups in total. The van der Waals surface area contributed by atoms with Crippen LogP contribution in [0.4, 0.5) is 0 Å². The number of aryl methyl sites for hydroxylation is 1. The van der Waals surface area contributed by atoms with E-state index in [0.717, 1.165) is 12.8 Å². The summed E-state index contributed by atoms with van der Waals surface area (Å²) in [5.74, 6) is 0.0413. The van der Waals surface area contributed by atoms with Gasteiger partial charge in [0.2, 0.25) is 0 Å². The SMILES string of the molecule is COC(=O)[C@@H]1C[C@@H]2[C@@H](CC[C@H](C)N2C(=O)c2cc(C)on2)O1. The highest BCUT2D eigenvalue weighted by Gasteiger charge is 2.48. The molecular weight excluding hydrogens is 288 g/mol. The number of methoxy groups -OCH3 is 1. The fraction of sp³-hybridized carbons (Fsp3) is 0.667. The van der Waals surface area contributed by atoms with Crippen molar-refractivity contribution in [3.63, 3.8) is 0 Å². The van der Waals surface area contributed by atoms with E-state index in [9.17, 15) is 9.59 Å². The highest BCUT2D eigenvalue weighted by atomic mass is 16.6. The number of hydrogen-bond donors (Lipinski definition) is 0. The summed E-state index contributed by atoms with van der Waals surface area (Å²) in [6.45, 7) is 3.75. The van der Waals surface area contributed by atoms with Gasteiger partial charge in [-0.15, -0.1) is 0 Å². The topological polar surface area (TPSA) is 81.9 Å². The van der Waals surface area contributed by atoms with Crippen molar-refractivity contribution in [1.82, 2.24) is 10.1 Å². The van der Waals surface area contributed by atoms with Crippen molar-refractivity contribution in [2.45, 2.75) is 57.4 Å². The number of piperidine rings is 1. The Morgan fingerprint density at radius 2 is 2.18 bits per heavy atom. The monoisotopic (exact) mass is 308 g/mol. The Morgan fingerprint density at radius 3 is 2.82 bits per heavy atom. The molecule has 2 fully saturated rings. The van der Waals surface area contributed by atoms with E-state index >= 15 is 0 Å². The third kappa shape index (κ3) is 2.49. The van der Waals surface area contributed by atoms with Gasteiger partial charge in [0.1, 0.15) is 5.76 Å². The fourth-order valence-electron chi connectivity index (χ4n) is 3.39. The number of carbonyl (C=O) groups is 2.